The highest BCUT2D eigenvalue weighted by Gasteiger charge is 2.10. The van der Waals surface area contributed by atoms with Gasteiger partial charge in [0.25, 0.3) is 0 Å². The molecule has 92 valence electrons. The van der Waals surface area contributed by atoms with Crippen LogP contribution in [0.5, 0.6) is 0 Å². The molecule has 2 aromatic carbocycles. The molecule has 0 radical (unpaired) electrons. The molecule has 2 aromatic heterocycles. The predicted octanol–water partition coefficient (Wildman–Crippen LogP) is 3.65. The third-order valence-electron chi connectivity index (χ3n) is 3.84. The van der Waals surface area contributed by atoms with E-state index in [1.165, 1.54) is 27.3 Å². The Hall–Kier alpha value is -2.42. The quantitative estimate of drug-likeness (QED) is 0.444. The first kappa shape index (κ1) is 10.5. The lowest BCUT2D eigenvalue weighted by atomic mass is 10.0. The van der Waals surface area contributed by atoms with Gasteiger partial charge in [-0.1, -0.05) is 24.3 Å². The molecule has 0 spiro atoms. The van der Waals surface area contributed by atoms with Crippen LogP contribution >= 0.6 is 0 Å². The van der Waals surface area contributed by atoms with Crippen LogP contribution in [0.2, 0.25) is 0 Å². The largest absolute Gasteiger partial charge is 0.215 e. The standard InChI is InChI=1S/C16H13N3/c1-10-7-13-12-5-3-4-6-15(12)19-16(17-9-18-19)14(13)8-11(10)2/h3-9H,1-2H3. The van der Waals surface area contributed by atoms with Gasteiger partial charge in [-0.15, -0.1) is 0 Å². The van der Waals surface area contributed by atoms with E-state index in [1.807, 2.05) is 10.6 Å². The van der Waals surface area contributed by atoms with Crippen molar-refractivity contribution in [3.63, 3.8) is 0 Å². The number of hydrogen-bond acceptors (Lipinski definition) is 2. The highest BCUT2D eigenvalue weighted by Crippen LogP contribution is 2.30. The summed E-state index contributed by atoms with van der Waals surface area (Å²) < 4.78 is 1.92. The summed E-state index contributed by atoms with van der Waals surface area (Å²) in [6.07, 6.45) is 1.62. The average molecular weight is 247 g/mol. The van der Waals surface area contributed by atoms with Crippen LogP contribution in [0.1, 0.15) is 11.1 Å². The summed E-state index contributed by atoms with van der Waals surface area (Å²) >= 11 is 0. The van der Waals surface area contributed by atoms with Crippen molar-refractivity contribution in [2.24, 2.45) is 0 Å². The number of hydrogen-bond donors (Lipinski definition) is 0. The molecular weight excluding hydrogens is 234 g/mol. The molecule has 0 bridgehead atoms. The van der Waals surface area contributed by atoms with Gasteiger partial charge in [-0.05, 0) is 42.5 Å². The van der Waals surface area contributed by atoms with Crippen molar-refractivity contribution < 1.29 is 0 Å². The summed E-state index contributed by atoms with van der Waals surface area (Å²) in [6, 6.07) is 12.8. The Balaban J connectivity index is 2.42. The van der Waals surface area contributed by atoms with Crippen LogP contribution in [0.3, 0.4) is 0 Å². The van der Waals surface area contributed by atoms with Crippen molar-refractivity contribution in [1.29, 1.82) is 0 Å². The molecule has 0 saturated carbocycles. The molecular formula is C16H13N3. The topological polar surface area (TPSA) is 30.2 Å². The van der Waals surface area contributed by atoms with Crippen LogP contribution in [0.25, 0.3) is 27.3 Å². The summed E-state index contributed by atoms with van der Waals surface area (Å²) in [5.41, 5.74) is 4.62. The lowest BCUT2D eigenvalue weighted by Crippen LogP contribution is -1.94. The highest BCUT2D eigenvalue weighted by atomic mass is 15.3. The third-order valence-corrected chi connectivity index (χ3v) is 3.84. The van der Waals surface area contributed by atoms with Gasteiger partial charge in [0.1, 0.15) is 6.33 Å². The molecule has 0 aliphatic carbocycles. The van der Waals surface area contributed by atoms with Crippen molar-refractivity contribution in [3.05, 3.63) is 53.9 Å². The highest BCUT2D eigenvalue weighted by molar-refractivity contribution is 6.11. The van der Waals surface area contributed by atoms with E-state index in [0.717, 1.165) is 11.2 Å². The minimum atomic E-state index is 0.928. The molecule has 0 aliphatic rings. The Morgan fingerprint density at radius 2 is 1.63 bits per heavy atom. The second-order valence-corrected chi connectivity index (χ2v) is 4.99. The molecule has 0 aliphatic heterocycles. The number of aromatic nitrogens is 3. The molecule has 0 atom stereocenters. The summed E-state index contributed by atoms with van der Waals surface area (Å²) in [4.78, 5) is 4.42. The molecule has 0 saturated heterocycles. The van der Waals surface area contributed by atoms with Gasteiger partial charge >= 0.3 is 0 Å². The summed E-state index contributed by atoms with van der Waals surface area (Å²) in [5, 5.41) is 7.99. The number of benzene rings is 2. The first-order valence-corrected chi connectivity index (χ1v) is 6.37. The number of rotatable bonds is 0. The monoisotopic (exact) mass is 247 g/mol. The average Bonchev–Trinajstić information content (AvgIpc) is 2.91. The zero-order valence-corrected chi connectivity index (χ0v) is 10.9. The zero-order chi connectivity index (χ0) is 13.0. The number of para-hydroxylation sites is 1. The Labute approximate surface area is 110 Å². The lowest BCUT2D eigenvalue weighted by molar-refractivity contribution is 1.01. The number of pyridine rings is 1. The first-order chi connectivity index (χ1) is 9.25. The molecule has 3 heteroatoms. The van der Waals surface area contributed by atoms with Crippen LogP contribution in [0.4, 0.5) is 0 Å². The second kappa shape index (κ2) is 3.54. The number of fused-ring (bicyclic) bond motifs is 6. The fourth-order valence-corrected chi connectivity index (χ4v) is 2.71. The summed E-state index contributed by atoms with van der Waals surface area (Å²) in [5.74, 6) is 0. The van der Waals surface area contributed by atoms with Gasteiger partial charge in [-0.2, -0.15) is 5.10 Å². The maximum atomic E-state index is 4.42. The van der Waals surface area contributed by atoms with Gasteiger partial charge in [0.05, 0.1) is 5.52 Å². The molecule has 0 fully saturated rings. The van der Waals surface area contributed by atoms with Crippen LogP contribution < -0.4 is 0 Å². The maximum absolute atomic E-state index is 4.42. The zero-order valence-electron chi connectivity index (χ0n) is 10.9. The van der Waals surface area contributed by atoms with Crippen LogP contribution in [-0.4, -0.2) is 14.6 Å². The lowest BCUT2D eigenvalue weighted by Gasteiger charge is -2.09. The fourth-order valence-electron chi connectivity index (χ4n) is 2.71. The Bertz CT molecular complexity index is 935. The smallest absolute Gasteiger partial charge is 0.163 e. The fraction of sp³-hybridized carbons (Fsp3) is 0.125. The maximum Gasteiger partial charge on any atom is 0.163 e. The minimum absolute atomic E-state index is 0.928. The number of aryl methyl sites for hydroxylation is 2. The van der Waals surface area contributed by atoms with Gasteiger partial charge in [0, 0.05) is 10.8 Å². The number of nitrogens with zero attached hydrogens (tertiary/aromatic N) is 3. The first-order valence-electron chi connectivity index (χ1n) is 6.37. The Kier molecular flexibility index (Phi) is 1.96. The molecule has 0 amide bonds. The summed E-state index contributed by atoms with van der Waals surface area (Å²) in [7, 11) is 0. The van der Waals surface area contributed by atoms with Crippen molar-refractivity contribution >= 4 is 27.3 Å². The van der Waals surface area contributed by atoms with E-state index < -0.39 is 0 Å². The van der Waals surface area contributed by atoms with Gasteiger partial charge in [0.2, 0.25) is 0 Å². The van der Waals surface area contributed by atoms with Gasteiger partial charge in [-0.3, -0.25) is 0 Å². The summed E-state index contributed by atoms with van der Waals surface area (Å²) in [6.45, 7) is 4.29. The van der Waals surface area contributed by atoms with Crippen molar-refractivity contribution in [2.75, 3.05) is 0 Å². The predicted molar refractivity (Wildman–Crippen MR) is 77.5 cm³/mol. The normalized spacial score (nSPS) is 11.7. The van der Waals surface area contributed by atoms with Crippen LogP contribution in [0, 0.1) is 13.8 Å². The van der Waals surface area contributed by atoms with E-state index in [1.54, 1.807) is 6.33 Å². The molecule has 3 nitrogen and oxygen atoms in total. The third kappa shape index (κ3) is 1.32. The Morgan fingerprint density at radius 1 is 0.895 bits per heavy atom. The Morgan fingerprint density at radius 3 is 2.47 bits per heavy atom. The van der Waals surface area contributed by atoms with E-state index in [9.17, 15) is 0 Å². The van der Waals surface area contributed by atoms with Crippen LogP contribution in [0.15, 0.2) is 42.7 Å². The molecule has 19 heavy (non-hydrogen) atoms. The molecule has 2 heterocycles. The molecule has 4 aromatic rings. The van der Waals surface area contributed by atoms with Gasteiger partial charge in [0.15, 0.2) is 5.65 Å². The molecule has 0 unspecified atom stereocenters. The van der Waals surface area contributed by atoms with Gasteiger partial charge in [-0.25, -0.2) is 9.50 Å². The van der Waals surface area contributed by atoms with E-state index in [2.05, 4.69) is 54.3 Å². The minimum Gasteiger partial charge on any atom is -0.215 e. The van der Waals surface area contributed by atoms with Crippen molar-refractivity contribution in [2.45, 2.75) is 13.8 Å². The van der Waals surface area contributed by atoms with Crippen molar-refractivity contribution in [1.82, 2.24) is 14.6 Å². The molecule has 0 N–H and O–H groups in total. The second-order valence-electron chi connectivity index (χ2n) is 4.99. The SMILES string of the molecule is Cc1cc2c3ccccc3n3ncnc3c2cc1C. The van der Waals surface area contributed by atoms with E-state index >= 15 is 0 Å². The van der Waals surface area contributed by atoms with Gasteiger partial charge < -0.3 is 0 Å². The van der Waals surface area contributed by atoms with Crippen LogP contribution in [-0.2, 0) is 0 Å². The van der Waals surface area contributed by atoms with E-state index in [4.69, 9.17) is 0 Å². The molecule has 4 rings (SSSR count). The van der Waals surface area contributed by atoms with E-state index in [0.29, 0.717) is 0 Å². The van der Waals surface area contributed by atoms with E-state index in [-0.39, 0.29) is 0 Å². The van der Waals surface area contributed by atoms with Crippen molar-refractivity contribution in [3.8, 4) is 0 Å².